The zero-order valence-corrected chi connectivity index (χ0v) is 10.1. The maximum Gasteiger partial charge on any atom is 0.174 e. The van der Waals surface area contributed by atoms with Crippen LogP contribution in [0.3, 0.4) is 0 Å². The summed E-state index contributed by atoms with van der Waals surface area (Å²) in [4.78, 5) is 0. The Morgan fingerprint density at radius 1 is 0.882 bits per heavy atom. The largest absolute Gasteiger partial charge is 0.497 e. The van der Waals surface area contributed by atoms with Crippen molar-refractivity contribution < 1.29 is 14.0 Å². The van der Waals surface area contributed by atoms with E-state index in [0.29, 0.717) is 0 Å². The fraction of sp³-hybridized carbons (Fsp3) is 0.214. The lowest BCUT2D eigenvalue weighted by atomic mass is 10.2. The first kappa shape index (κ1) is 11.5. The summed E-state index contributed by atoms with van der Waals surface area (Å²) in [6, 6.07) is 11.9. The predicted molar refractivity (Wildman–Crippen MR) is 65.3 cm³/mol. The average Bonchev–Trinajstić information content (AvgIpc) is 2.39. The molecule has 88 valence electrons. The van der Waals surface area contributed by atoms with E-state index in [0.717, 1.165) is 23.6 Å². The van der Waals surface area contributed by atoms with Gasteiger partial charge < -0.3 is 9.47 Å². The highest BCUT2D eigenvalue weighted by Gasteiger charge is 2.06. The van der Waals surface area contributed by atoms with Gasteiger partial charge in [-0.3, -0.25) is 0 Å². The van der Waals surface area contributed by atoms with Gasteiger partial charge in [0.05, 0.1) is 14.2 Å². The van der Waals surface area contributed by atoms with Crippen LogP contribution in [0.2, 0.25) is 0 Å². The van der Waals surface area contributed by atoms with Gasteiger partial charge in [-0.15, -0.1) is 0 Å². The van der Waals surface area contributed by atoms with Crippen LogP contribution < -0.4 is 14.0 Å². The van der Waals surface area contributed by atoms with Crippen LogP contribution in [0.1, 0.15) is 5.56 Å². The second-order valence-corrected chi connectivity index (χ2v) is 3.77. The molecule has 0 aliphatic rings. The summed E-state index contributed by atoms with van der Waals surface area (Å²) < 4.78 is 12.6. The monoisotopic (exact) mass is 230 g/mol. The lowest BCUT2D eigenvalue weighted by Gasteiger charge is -2.06. The first-order valence-electron chi connectivity index (χ1n) is 5.48. The van der Waals surface area contributed by atoms with Gasteiger partial charge in [0.1, 0.15) is 11.5 Å². The van der Waals surface area contributed by atoms with Crippen molar-refractivity contribution in [2.45, 2.75) is 6.54 Å². The summed E-state index contributed by atoms with van der Waals surface area (Å²) >= 11 is 0. The van der Waals surface area contributed by atoms with E-state index in [9.17, 15) is 0 Å². The van der Waals surface area contributed by atoms with Gasteiger partial charge in [0.15, 0.2) is 18.9 Å². The Morgan fingerprint density at radius 3 is 2.00 bits per heavy atom. The molecule has 2 aromatic rings. The minimum absolute atomic E-state index is 0.800. The summed E-state index contributed by atoms with van der Waals surface area (Å²) in [6.45, 7) is 0.800. The Hall–Kier alpha value is -2.03. The van der Waals surface area contributed by atoms with Gasteiger partial charge in [0, 0.05) is 23.8 Å². The Labute approximate surface area is 101 Å². The highest BCUT2D eigenvalue weighted by Crippen LogP contribution is 2.22. The SMILES string of the molecule is COc1cc(C[n+]2ccccc2)cc(OC)c1. The first-order valence-corrected chi connectivity index (χ1v) is 5.48. The summed E-state index contributed by atoms with van der Waals surface area (Å²) in [7, 11) is 3.32. The van der Waals surface area contributed by atoms with E-state index in [-0.39, 0.29) is 0 Å². The van der Waals surface area contributed by atoms with E-state index in [1.54, 1.807) is 14.2 Å². The number of pyridine rings is 1. The second kappa shape index (κ2) is 5.34. The fourth-order valence-corrected chi connectivity index (χ4v) is 1.71. The number of hydrogen-bond donors (Lipinski definition) is 0. The van der Waals surface area contributed by atoms with E-state index in [2.05, 4.69) is 4.57 Å². The molecule has 0 bridgehead atoms. The van der Waals surface area contributed by atoms with Gasteiger partial charge in [-0.05, 0) is 12.1 Å². The second-order valence-electron chi connectivity index (χ2n) is 3.77. The van der Waals surface area contributed by atoms with Crippen LogP contribution in [0.4, 0.5) is 0 Å². The number of hydrogen-bond acceptors (Lipinski definition) is 2. The lowest BCUT2D eigenvalue weighted by molar-refractivity contribution is -0.688. The molecular weight excluding hydrogens is 214 g/mol. The summed E-state index contributed by atoms with van der Waals surface area (Å²) in [5.41, 5.74) is 1.15. The van der Waals surface area contributed by atoms with Crippen molar-refractivity contribution in [2.75, 3.05) is 14.2 Å². The maximum atomic E-state index is 5.25. The van der Waals surface area contributed by atoms with Crippen LogP contribution in [0.15, 0.2) is 48.8 Å². The molecule has 2 rings (SSSR count). The van der Waals surface area contributed by atoms with Crippen molar-refractivity contribution in [3.8, 4) is 11.5 Å². The van der Waals surface area contributed by atoms with E-state index in [1.165, 1.54) is 0 Å². The standard InChI is InChI=1S/C14H16NO2/c1-16-13-8-12(9-14(10-13)17-2)11-15-6-4-3-5-7-15/h3-10H,11H2,1-2H3/q+1. The van der Waals surface area contributed by atoms with Gasteiger partial charge >= 0.3 is 0 Å². The number of aromatic nitrogens is 1. The smallest absolute Gasteiger partial charge is 0.174 e. The third-order valence-corrected chi connectivity index (χ3v) is 2.55. The molecule has 3 heteroatoms. The Kier molecular flexibility index (Phi) is 3.60. The van der Waals surface area contributed by atoms with E-state index >= 15 is 0 Å². The van der Waals surface area contributed by atoms with Crippen LogP contribution in [0.5, 0.6) is 11.5 Å². The normalized spacial score (nSPS) is 10.0. The molecular formula is C14H16NO2+. The summed E-state index contributed by atoms with van der Waals surface area (Å²) in [5, 5.41) is 0. The number of ether oxygens (including phenoxy) is 2. The Morgan fingerprint density at radius 2 is 1.47 bits per heavy atom. The molecule has 0 amide bonds. The van der Waals surface area contributed by atoms with Crippen LogP contribution in [-0.2, 0) is 6.54 Å². The number of rotatable bonds is 4. The minimum Gasteiger partial charge on any atom is -0.497 e. The van der Waals surface area contributed by atoms with Gasteiger partial charge in [0.25, 0.3) is 0 Å². The van der Waals surface area contributed by atoms with Crippen molar-refractivity contribution in [3.63, 3.8) is 0 Å². The lowest BCUT2D eigenvalue weighted by Crippen LogP contribution is -2.32. The van der Waals surface area contributed by atoms with Crippen LogP contribution in [-0.4, -0.2) is 14.2 Å². The predicted octanol–water partition coefficient (Wildman–Crippen LogP) is 2.04. The van der Waals surface area contributed by atoms with E-state index < -0.39 is 0 Å². The third-order valence-electron chi connectivity index (χ3n) is 2.55. The van der Waals surface area contributed by atoms with Crippen LogP contribution in [0, 0.1) is 0 Å². The van der Waals surface area contributed by atoms with Gasteiger partial charge in [0.2, 0.25) is 0 Å². The minimum atomic E-state index is 0.800. The molecule has 1 heterocycles. The summed E-state index contributed by atoms with van der Waals surface area (Å²) in [5.74, 6) is 1.63. The molecule has 3 nitrogen and oxygen atoms in total. The highest BCUT2D eigenvalue weighted by molar-refractivity contribution is 5.38. The van der Waals surface area contributed by atoms with Crippen molar-refractivity contribution in [2.24, 2.45) is 0 Å². The molecule has 1 aromatic heterocycles. The third kappa shape index (κ3) is 2.97. The zero-order chi connectivity index (χ0) is 12.1. The molecule has 0 saturated carbocycles. The van der Waals surface area contributed by atoms with E-state index in [1.807, 2.05) is 48.8 Å². The Bertz CT molecular complexity index is 461. The molecule has 0 unspecified atom stereocenters. The molecule has 0 aliphatic carbocycles. The topological polar surface area (TPSA) is 22.3 Å². The summed E-state index contributed by atoms with van der Waals surface area (Å²) in [6.07, 6.45) is 4.07. The van der Waals surface area contributed by atoms with Gasteiger partial charge in [-0.2, -0.15) is 0 Å². The highest BCUT2D eigenvalue weighted by atomic mass is 16.5. The van der Waals surface area contributed by atoms with Crippen LogP contribution in [0.25, 0.3) is 0 Å². The van der Waals surface area contributed by atoms with Crippen LogP contribution >= 0.6 is 0 Å². The number of benzene rings is 1. The van der Waals surface area contributed by atoms with E-state index in [4.69, 9.17) is 9.47 Å². The van der Waals surface area contributed by atoms with Crippen molar-refractivity contribution in [3.05, 3.63) is 54.4 Å². The first-order chi connectivity index (χ1) is 8.31. The molecule has 0 aliphatic heterocycles. The van der Waals surface area contributed by atoms with Crippen molar-refractivity contribution in [1.29, 1.82) is 0 Å². The fourth-order valence-electron chi connectivity index (χ4n) is 1.71. The van der Waals surface area contributed by atoms with Gasteiger partial charge in [-0.1, -0.05) is 6.07 Å². The number of methoxy groups -OCH3 is 2. The molecule has 0 radical (unpaired) electrons. The molecule has 17 heavy (non-hydrogen) atoms. The molecule has 0 N–H and O–H groups in total. The molecule has 0 atom stereocenters. The van der Waals surface area contributed by atoms with Crippen molar-refractivity contribution >= 4 is 0 Å². The quantitative estimate of drug-likeness (QED) is 0.750. The van der Waals surface area contributed by atoms with Gasteiger partial charge in [-0.25, -0.2) is 4.57 Å². The molecule has 0 fully saturated rings. The molecule has 1 aromatic carbocycles. The molecule has 0 saturated heterocycles. The number of nitrogens with zero attached hydrogens (tertiary/aromatic N) is 1. The zero-order valence-electron chi connectivity index (χ0n) is 10.1. The average molecular weight is 230 g/mol. The maximum absolute atomic E-state index is 5.25. The molecule has 0 spiro atoms. The Balaban J connectivity index is 2.26. The van der Waals surface area contributed by atoms with Crippen molar-refractivity contribution in [1.82, 2.24) is 0 Å².